The summed E-state index contributed by atoms with van der Waals surface area (Å²) in [5.74, 6) is 0.849. The molecule has 2 rings (SSSR count). The molecule has 0 aliphatic carbocycles. The summed E-state index contributed by atoms with van der Waals surface area (Å²) < 4.78 is 5.71. The van der Waals surface area contributed by atoms with Crippen LogP contribution in [0, 0.1) is 0 Å². The predicted octanol–water partition coefficient (Wildman–Crippen LogP) is 0.822. The summed E-state index contributed by atoms with van der Waals surface area (Å²) in [6.07, 6.45) is 3.48. The third kappa shape index (κ3) is 1.41. The van der Waals surface area contributed by atoms with Crippen molar-refractivity contribution in [2.75, 3.05) is 13.1 Å². The SMILES string of the molecule is CC1(Oc2cccnc2)CNC1. The van der Waals surface area contributed by atoms with E-state index in [-0.39, 0.29) is 5.60 Å². The van der Waals surface area contributed by atoms with Crippen LogP contribution in [-0.2, 0) is 0 Å². The molecule has 0 spiro atoms. The van der Waals surface area contributed by atoms with Crippen molar-refractivity contribution in [3.8, 4) is 5.75 Å². The van der Waals surface area contributed by atoms with Crippen molar-refractivity contribution in [2.24, 2.45) is 0 Å². The third-order valence-corrected chi connectivity index (χ3v) is 2.00. The van der Waals surface area contributed by atoms with Crippen LogP contribution in [-0.4, -0.2) is 23.7 Å². The van der Waals surface area contributed by atoms with Crippen LogP contribution in [0.5, 0.6) is 5.75 Å². The molecule has 1 aromatic rings. The van der Waals surface area contributed by atoms with Crippen molar-refractivity contribution in [1.82, 2.24) is 10.3 Å². The molecular formula is C9H12N2O. The van der Waals surface area contributed by atoms with E-state index in [4.69, 9.17) is 4.74 Å². The first kappa shape index (κ1) is 7.55. The fraction of sp³-hybridized carbons (Fsp3) is 0.444. The fourth-order valence-electron chi connectivity index (χ4n) is 1.24. The zero-order valence-electron chi connectivity index (χ0n) is 7.08. The van der Waals surface area contributed by atoms with Crippen molar-refractivity contribution in [1.29, 1.82) is 0 Å². The van der Waals surface area contributed by atoms with Crippen LogP contribution in [0.1, 0.15) is 6.92 Å². The second-order valence-corrected chi connectivity index (χ2v) is 3.34. The Morgan fingerprint density at radius 3 is 2.92 bits per heavy atom. The molecule has 3 nitrogen and oxygen atoms in total. The Hall–Kier alpha value is -1.09. The van der Waals surface area contributed by atoms with Gasteiger partial charge in [0.25, 0.3) is 0 Å². The third-order valence-electron chi connectivity index (χ3n) is 2.00. The Morgan fingerprint density at radius 2 is 2.42 bits per heavy atom. The number of aromatic nitrogens is 1. The fourth-order valence-corrected chi connectivity index (χ4v) is 1.24. The molecule has 0 unspecified atom stereocenters. The maximum absolute atomic E-state index is 5.71. The Labute approximate surface area is 71.8 Å². The molecule has 1 aromatic heterocycles. The van der Waals surface area contributed by atoms with Gasteiger partial charge in [-0.25, -0.2) is 0 Å². The smallest absolute Gasteiger partial charge is 0.138 e. The van der Waals surface area contributed by atoms with Gasteiger partial charge in [0.2, 0.25) is 0 Å². The van der Waals surface area contributed by atoms with Crippen LogP contribution in [0.15, 0.2) is 24.5 Å². The van der Waals surface area contributed by atoms with E-state index in [2.05, 4.69) is 17.2 Å². The highest BCUT2D eigenvalue weighted by Gasteiger charge is 2.33. The summed E-state index contributed by atoms with van der Waals surface area (Å²) in [5.41, 5.74) is -0.0248. The summed E-state index contributed by atoms with van der Waals surface area (Å²) >= 11 is 0. The lowest BCUT2D eigenvalue weighted by Gasteiger charge is -2.39. The van der Waals surface area contributed by atoms with Gasteiger partial charge in [-0.2, -0.15) is 0 Å². The number of nitrogens with one attached hydrogen (secondary N) is 1. The minimum absolute atomic E-state index is 0.0248. The van der Waals surface area contributed by atoms with E-state index in [9.17, 15) is 0 Å². The molecule has 0 atom stereocenters. The molecule has 2 heterocycles. The molecule has 0 saturated carbocycles. The quantitative estimate of drug-likeness (QED) is 0.702. The van der Waals surface area contributed by atoms with Crippen LogP contribution < -0.4 is 10.1 Å². The maximum atomic E-state index is 5.71. The summed E-state index contributed by atoms with van der Waals surface area (Å²) in [5, 5.41) is 3.18. The summed E-state index contributed by atoms with van der Waals surface area (Å²) in [7, 11) is 0. The number of ether oxygens (including phenoxy) is 1. The first-order chi connectivity index (χ1) is 5.79. The molecule has 12 heavy (non-hydrogen) atoms. The molecule has 0 amide bonds. The van der Waals surface area contributed by atoms with Gasteiger partial charge in [0.1, 0.15) is 11.4 Å². The van der Waals surface area contributed by atoms with Gasteiger partial charge in [0, 0.05) is 19.3 Å². The van der Waals surface area contributed by atoms with Gasteiger partial charge in [-0.1, -0.05) is 0 Å². The van der Waals surface area contributed by atoms with E-state index >= 15 is 0 Å². The summed E-state index contributed by atoms with van der Waals surface area (Å²) in [4.78, 5) is 3.98. The second kappa shape index (κ2) is 2.75. The highest BCUT2D eigenvalue weighted by Crippen LogP contribution is 2.19. The Balaban J connectivity index is 2.04. The zero-order chi connectivity index (χ0) is 8.44. The van der Waals surface area contributed by atoms with Crippen LogP contribution in [0.4, 0.5) is 0 Å². The lowest BCUT2D eigenvalue weighted by atomic mass is 10.0. The molecule has 1 N–H and O–H groups in total. The summed E-state index contributed by atoms with van der Waals surface area (Å²) in [6.45, 7) is 3.93. The van der Waals surface area contributed by atoms with Crippen LogP contribution in [0.3, 0.4) is 0 Å². The molecular weight excluding hydrogens is 152 g/mol. The number of pyridine rings is 1. The molecule has 0 radical (unpaired) electrons. The van der Waals surface area contributed by atoms with Gasteiger partial charge < -0.3 is 10.1 Å². The average molecular weight is 164 g/mol. The van der Waals surface area contributed by atoms with Crippen molar-refractivity contribution in [3.05, 3.63) is 24.5 Å². The van der Waals surface area contributed by atoms with Gasteiger partial charge in [0.05, 0.1) is 6.20 Å². The number of rotatable bonds is 2. The Kier molecular flexibility index (Phi) is 1.73. The molecule has 1 aliphatic heterocycles. The van der Waals surface area contributed by atoms with E-state index in [1.807, 2.05) is 12.1 Å². The van der Waals surface area contributed by atoms with Crippen molar-refractivity contribution in [3.63, 3.8) is 0 Å². The van der Waals surface area contributed by atoms with Crippen LogP contribution >= 0.6 is 0 Å². The monoisotopic (exact) mass is 164 g/mol. The Morgan fingerprint density at radius 1 is 1.58 bits per heavy atom. The van der Waals surface area contributed by atoms with Crippen molar-refractivity contribution < 1.29 is 4.74 Å². The molecule has 0 bridgehead atoms. The number of hydrogen-bond acceptors (Lipinski definition) is 3. The van der Waals surface area contributed by atoms with Gasteiger partial charge in [-0.15, -0.1) is 0 Å². The average Bonchev–Trinajstić information content (AvgIpc) is 2.04. The first-order valence-corrected chi connectivity index (χ1v) is 4.08. The molecule has 1 saturated heterocycles. The predicted molar refractivity (Wildman–Crippen MR) is 46.1 cm³/mol. The first-order valence-electron chi connectivity index (χ1n) is 4.08. The van der Waals surface area contributed by atoms with Crippen molar-refractivity contribution in [2.45, 2.75) is 12.5 Å². The van der Waals surface area contributed by atoms with E-state index in [0.29, 0.717) is 0 Å². The minimum Gasteiger partial charge on any atom is -0.483 e. The van der Waals surface area contributed by atoms with E-state index in [1.54, 1.807) is 12.4 Å². The van der Waals surface area contributed by atoms with Gasteiger partial charge >= 0.3 is 0 Å². The van der Waals surface area contributed by atoms with E-state index in [1.165, 1.54) is 0 Å². The Bertz CT molecular complexity index is 256. The normalized spacial score (nSPS) is 19.8. The van der Waals surface area contributed by atoms with E-state index in [0.717, 1.165) is 18.8 Å². The van der Waals surface area contributed by atoms with Gasteiger partial charge in [-0.05, 0) is 19.1 Å². The summed E-state index contributed by atoms with van der Waals surface area (Å²) in [6, 6.07) is 3.81. The molecule has 3 heteroatoms. The highest BCUT2D eigenvalue weighted by atomic mass is 16.5. The lowest BCUT2D eigenvalue weighted by molar-refractivity contribution is 0.0345. The standard InChI is InChI=1S/C9H12N2O/c1-9(6-11-7-9)12-8-3-2-4-10-5-8/h2-5,11H,6-7H2,1H3. The maximum Gasteiger partial charge on any atom is 0.138 e. The zero-order valence-corrected chi connectivity index (χ0v) is 7.08. The lowest BCUT2D eigenvalue weighted by Crippen LogP contribution is -2.61. The van der Waals surface area contributed by atoms with E-state index < -0.39 is 0 Å². The topological polar surface area (TPSA) is 34.1 Å². The molecule has 1 aliphatic rings. The second-order valence-electron chi connectivity index (χ2n) is 3.34. The van der Waals surface area contributed by atoms with Crippen molar-refractivity contribution >= 4 is 0 Å². The highest BCUT2D eigenvalue weighted by molar-refractivity contribution is 5.17. The van der Waals surface area contributed by atoms with Gasteiger partial charge in [0.15, 0.2) is 0 Å². The number of nitrogens with zero attached hydrogens (tertiary/aromatic N) is 1. The van der Waals surface area contributed by atoms with Crippen LogP contribution in [0.2, 0.25) is 0 Å². The minimum atomic E-state index is -0.0248. The molecule has 64 valence electrons. The van der Waals surface area contributed by atoms with Crippen LogP contribution in [0.25, 0.3) is 0 Å². The molecule has 1 fully saturated rings. The van der Waals surface area contributed by atoms with Gasteiger partial charge in [-0.3, -0.25) is 4.98 Å². The number of hydrogen-bond donors (Lipinski definition) is 1. The largest absolute Gasteiger partial charge is 0.483 e. The molecule has 0 aromatic carbocycles.